The molecule has 1 fully saturated rings. The molecule has 2 aromatic rings. The predicted molar refractivity (Wildman–Crippen MR) is 92.4 cm³/mol. The second-order valence-electron chi connectivity index (χ2n) is 6.10. The van der Waals surface area contributed by atoms with Crippen molar-refractivity contribution < 1.29 is 27.0 Å². The number of hydrogen-bond donors (Lipinski definition) is 3. The number of nitrogens with two attached hydrogens (primary N) is 1. The number of aliphatic hydroxyl groups is 1. The Labute approximate surface area is 154 Å². The summed E-state index contributed by atoms with van der Waals surface area (Å²) in [6.07, 6.45) is -1.38. The van der Waals surface area contributed by atoms with Gasteiger partial charge in [0.2, 0.25) is 21.9 Å². The van der Waals surface area contributed by atoms with Crippen LogP contribution in [0.1, 0.15) is 31.3 Å². The first kappa shape index (κ1) is 19.4. The molecular weight excluding hydrogens is 382 g/mol. The van der Waals surface area contributed by atoms with E-state index in [9.17, 15) is 22.3 Å². The molecule has 11 heteroatoms. The Morgan fingerprint density at radius 3 is 2.52 bits per heavy atom. The van der Waals surface area contributed by atoms with Gasteiger partial charge in [-0.15, -0.1) is 0 Å². The van der Waals surface area contributed by atoms with Gasteiger partial charge >= 0.3 is 0 Å². The minimum Gasteiger partial charge on any atom is -0.471 e. The molecule has 2 atom stereocenters. The molecule has 0 amide bonds. The zero-order valence-corrected chi connectivity index (χ0v) is 14.9. The number of alkyl halides is 2. The van der Waals surface area contributed by atoms with Gasteiger partial charge in [-0.1, -0.05) is 0 Å². The van der Waals surface area contributed by atoms with Gasteiger partial charge in [-0.3, -0.25) is 0 Å². The lowest BCUT2D eigenvalue weighted by molar-refractivity contribution is 0.0525. The van der Waals surface area contributed by atoms with Gasteiger partial charge in [0.15, 0.2) is 0 Å². The molecule has 1 aliphatic carbocycles. The Morgan fingerprint density at radius 1 is 1.26 bits per heavy atom. The number of nitrogens with zero attached hydrogens (tertiary/aromatic N) is 2. The third-order valence-electron chi connectivity index (χ3n) is 4.14. The van der Waals surface area contributed by atoms with Crippen molar-refractivity contribution in [1.82, 2.24) is 9.97 Å². The summed E-state index contributed by atoms with van der Waals surface area (Å²) in [6.45, 7) is 0. The summed E-state index contributed by atoms with van der Waals surface area (Å²) >= 11 is 0. The van der Waals surface area contributed by atoms with Crippen LogP contribution in [-0.2, 0) is 10.0 Å². The van der Waals surface area contributed by atoms with E-state index in [4.69, 9.17) is 9.88 Å². The van der Waals surface area contributed by atoms with Gasteiger partial charge in [-0.05, 0) is 43.5 Å². The smallest absolute Gasteiger partial charge is 0.270 e. The highest BCUT2D eigenvalue weighted by Gasteiger charge is 2.29. The number of anilines is 2. The van der Waals surface area contributed by atoms with E-state index < -0.39 is 34.2 Å². The van der Waals surface area contributed by atoms with Crippen LogP contribution >= 0.6 is 0 Å². The Morgan fingerprint density at radius 2 is 1.96 bits per heavy atom. The molecule has 0 aliphatic heterocycles. The molecule has 1 saturated carbocycles. The van der Waals surface area contributed by atoms with E-state index in [1.54, 1.807) is 0 Å². The van der Waals surface area contributed by atoms with Crippen LogP contribution in [0.15, 0.2) is 35.4 Å². The van der Waals surface area contributed by atoms with E-state index in [1.807, 2.05) is 0 Å². The fraction of sp³-hybridized carbons (Fsp3) is 0.375. The number of rotatable bonds is 6. The second kappa shape index (κ2) is 7.71. The van der Waals surface area contributed by atoms with E-state index >= 15 is 0 Å². The van der Waals surface area contributed by atoms with Crippen LogP contribution in [0.3, 0.4) is 0 Å². The first-order chi connectivity index (χ1) is 12.7. The highest BCUT2D eigenvalue weighted by atomic mass is 32.2. The monoisotopic (exact) mass is 400 g/mol. The third kappa shape index (κ3) is 4.67. The molecule has 2 unspecified atom stereocenters. The third-order valence-corrected chi connectivity index (χ3v) is 5.06. The molecule has 0 saturated heterocycles. The minimum absolute atomic E-state index is 0.00903. The fourth-order valence-corrected chi connectivity index (χ4v) is 3.24. The summed E-state index contributed by atoms with van der Waals surface area (Å²) in [5.41, 5.74) is -0.0386. The molecule has 1 aromatic carbocycles. The lowest BCUT2D eigenvalue weighted by atomic mass is 10.2. The highest BCUT2D eigenvalue weighted by molar-refractivity contribution is 7.89. The van der Waals surface area contributed by atoms with Crippen LogP contribution in [0.2, 0.25) is 0 Å². The number of hydrogen-bond acceptors (Lipinski definition) is 7. The van der Waals surface area contributed by atoms with Gasteiger partial charge < -0.3 is 15.2 Å². The lowest BCUT2D eigenvalue weighted by Crippen LogP contribution is -2.26. The molecule has 1 aromatic heterocycles. The number of primary sulfonamides is 1. The van der Waals surface area contributed by atoms with Crippen molar-refractivity contribution in [3.8, 4) is 5.88 Å². The van der Waals surface area contributed by atoms with E-state index in [-0.39, 0.29) is 16.7 Å². The topological polar surface area (TPSA) is 127 Å². The van der Waals surface area contributed by atoms with Crippen LogP contribution in [-0.4, -0.2) is 35.7 Å². The molecule has 27 heavy (non-hydrogen) atoms. The van der Waals surface area contributed by atoms with Gasteiger partial charge in [0.1, 0.15) is 6.10 Å². The van der Waals surface area contributed by atoms with Crippen molar-refractivity contribution in [2.24, 2.45) is 5.14 Å². The number of nitrogens with one attached hydrogen (secondary N) is 1. The first-order valence-corrected chi connectivity index (χ1v) is 9.68. The van der Waals surface area contributed by atoms with E-state index in [2.05, 4.69) is 15.3 Å². The van der Waals surface area contributed by atoms with Gasteiger partial charge in [0.25, 0.3) is 6.43 Å². The zero-order chi connectivity index (χ0) is 19.6. The summed E-state index contributed by atoms with van der Waals surface area (Å²) in [5.74, 6) is -0.306. The van der Waals surface area contributed by atoms with Gasteiger partial charge in [0.05, 0.1) is 16.6 Å². The average Bonchev–Trinajstić information content (AvgIpc) is 2.99. The quantitative estimate of drug-likeness (QED) is 0.677. The van der Waals surface area contributed by atoms with Gasteiger partial charge in [0, 0.05) is 11.9 Å². The van der Waals surface area contributed by atoms with Gasteiger partial charge in [-0.2, -0.15) is 4.98 Å². The summed E-state index contributed by atoms with van der Waals surface area (Å²) in [7, 11) is -3.82. The van der Waals surface area contributed by atoms with E-state index in [0.717, 1.165) is 12.6 Å². The van der Waals surface area contributed by atoms with Crippen molar-refractivity contribution >= 4 is 21.7 Å². The standard InChI is InChI=1S/C16H18F2N4O4S/c17-14(18)11-8-20-16(22-15(11)26-13-3-1-2-12(13)23)21-9-4-6-10(7-5-9)27(19,24)25/h4-8,12-14,23H,1-3H2,(H2,19,24,25)(H,20,21,22). The number of benzene rings is 1. The number of sulfonamides is 1. The predicted octanol–water partition coefficient (Wildman–Crippen LogP) is 2.10. The highest BCUT2D eigenvalue weighted by Crippen LogP contribution is 2.31. The van der Waals surface area contributed by atoms with Crippen LogP contribution in [0, 0.1) is 0 Å². The van der Waals surface area contributed by atoms with Crippen molar-refractivity contribution in [3.05, 3.63) is 36.0 Å². The second-order valence-corrected chi connectivity index (χ2v) is 7.67. The molecular formula is C16H18F2N4O4S. The summed E-state index contributed by atoms with van der Waals surface area (Å²) in [6, 6.07) is 5.45. The zero-order valence-electron chi connectivity index (χ0n) is 14.0. The van der Waals surface area contributed by atoms with Crippen molar-refractivity contribution in [2.45, 2.75) is 42.8 Å². The van der Waals surface area contributed by atoms with Crippen LogP contribution < -0.4 is 15.2 Å². The maximum absolute atomic E-state index is 13.2. The number of ether oxygens (including phenoxy) is 1. The Bertz CT molecular complexity index is 909. The molecule has 146 valence electrons. The molecule has 1 aliphatic rings. The molecule has 0 spiro atoms. The maximum atomic E-state index is 13.2. The van der Waals surface area contributed by atoms with Crippen molar-refractivity contribution in [1.29, 1.82) is 0 Å². The normalized spacial score (nSPS) is 20.0. The lowest BCUT2D eigenvalue weighted by Gasteiger charge is -2.18. The van der Waals surface area contributed by atoms with Crippen LogP contribution in [0.25, 0.3) is 0 Å². The number of halogens is 2. The largest absolute Gasteiger partial charge is 0.471 e. The SMILES string of the molecule is NS(=O)(=O)c1ccc(Nc2ncc(C(F)F)c(OC3CCCC3O)n2)cc1. The average molecular weight is 400 g/mol. The summed E-state index contributed by atoms with van der Waals surface area (Å²) in [4.78, 5) is 7.74. The summed E-state index contributed by atoms with van der Waals surface area (Å²) < 4.78 is 54.4. The number of aromatic nitrogens is 2. The molecule has 3 rings (SSSR count). The van der Waals surface area contributed by atoms with Crippen LogP contribution in [0.5, 0.6) is 5.88 Å². The molecule has 0 bridgehead atoms. The van der Waals surface area contributed by atoms with Crippen LogP contribution in [0.4, 0.5) is 20.4 Å². The molecule has 4 N–H and O–H groups in total. The minimum atomic E-state index is -3.82. The van der Waals surface area contributed by atoms with E-state index in [1.165, 1.54) is 24.3 Å². The fourth-order valence-electron chi connectivity index (χ4n) is 2.72. The Balaban J connectivity index is 1.82. The molecule has 1 heterocycles. The van der Waals surface area contributed by atoms with Crippen molar-refractivity contribution in [2.75, 3.05) is 5.32 Å². The number of aliphatic hydroxyl groups excluding tert-OH is 1. The molecule has 0 radical (unpaired) electrons. The summed E-state index contributed by atoms with van der Waals surface area (Å²) in [5, 5.41) is 17.7. The Hall–Kier alpha value is -2.37. The first-order valence-electron chi connectivity index (χ1n) is 8.14. The van der Waals surface area contributed by atoms with Gasteiger partial charge in [-0.25, -0.2) is 27.3 Å². The Kier molecular flexibility index (Phi) is 5.53. The van der Waals surface area contributed by atoms with E-state index in [0.29, 0.717) is 18.5 Å². The maximum Gasteiger partial charge on any atom is 0.270 e. The molecule has 8 nitrogen and oxygen atoms in total. The van der Waals surface area contributed by atoms with Crippen molar-refractivity contribution in [3.63, 3.8) is 0 Å².